The maximum absolute atomic E-state index is 10.7. The summed E-state index contributed by atoms with van der Waals surface area (Å²) >= 11 is 0. The van der Waals surface area contributed by atoms with Crippen LogP contribution in [0.5, 0.6) is 0 Å². The average Bonchev–Trinajstić information content (AvgIpc) is 1.98. The third-order valence-electron chi connectivity index (χ3n) is 1.12. The zero-order valence-electron chi connectivity index (χ0n) is 7.58. The topological polar surface area (TPSA) is 101 Å². The predicted molar refractivity (Wildman–Crippen MR) is 55.3 cm³/mol. The molecule has 0 rings (SSSR count). The average molecular weight is 248 g/mol. The van der Waals surface area contributed by atoms with E-state index in [-0.39, 0.29) is 29.6 Å². The molecule has 0 aliphatic heterocycles. The minimum atomic E-state index is -4.24. The number of rotatable bonds is 5. The first-order valence-electron chi connectivity index (χ1n) is 3.78. The van der Waals surface area contributed by atoms with Crippen LogP contribution in [0.2, 0.25) is 0 Å². The van der Waals surface area contributed by atoms with E-state index in [1.54, 1.807) is 6.92 Å². The van der Waals surface area contributed by atoms with Crippen LogP contribution in [0.4, 0.5) is 0 Å². The Morgan fingerprint density at radius 1 is 1.53 bits per heavy atom. The van der Waals surface area contributed by atoms with Crippen LogP contribution in [-0.2, 0) is 19.6 Å². The first-order valence-corrected chi connectivity index (χ1v) is 5.38. The Labute approximate surface area is 110 Å². The van der Waals surface area contributed by atoms with Crippen molar-refractivity contribution < 1.29 is 27.6 Å². The third kappa shape index (κ3) is 12.0. The van der Waals surface area contributed by atoms with E-state index in [0.717, 1.165) is 6.08 Å². The minimum absolute atomic E-state index is 0. The van der Waals surface area contributed by atoms with Crippen LogP contribution in [0, 0.1) is 0 Å². The second-order valence-electron chi connectivity index (χ2n) is 2.53. The van der Waals surface area contributed by atoms with Crippen molar-refractivity contribution in [1.82, 2.24) is 0 Å². The van der Waals surface area contributed by atoms with E-state index in [4.69, 9.17) is 9.66 Å². The molecule has 0 aromatic heterocycles. The van der Waals surface area contributed by atoms with Crippen molar-refractivity contribution in [2.24, 2.45) is 0 Å². The molecule has 6 nitrogen and oxygen atoms in total. The number of aliphatic hydroxyl groups excluding tert-OH is 1. The van der Waals surface area contributed by atoms with Gasteiger partial charge >= 0.3 is 35.5 Å². The van der Waals surface area contributed by atoms with Crippen molar-refractivity contribution in [3.63, 3.8) is 0 Å². The summed E-state index contributed by atoms with van der Waals surface area (Å²) in [6.07, 6.45) is 1.15. The number of carbonyl (C=O) groups excluding carboxylic acids is 1. The van der Waals surface area contributed by atoms with Crippen molar-refractivity contribution in [2.45, 2.75) is 13.0 Å². The summed E-state index contributed by atoms with van der Waals surface area (Å²) in [5.74, 6) is -1.53. The fourth-order valence-corrected chi connectivity index (χ4v) is 1.24. The van der Waals surface area contributed by atoms with Gasteiger partial charge in [0.1, 0.15) is 18.5 Å². The molecule has 0 amide bonds. The number of hydrogen-bond donors (Lipinski definition) is 2. The van der Waals surface area contributed by atoms with E-state index >= 15 is 0 Å². The summed E-state index contributed by atoms with van der Waals surface area (Å²) in [6.45, 7) is 1.14. The first-order chi connectivity index (χ1) is 6.35. The molecule has 0 radical (unpaired) electrons. The van der Waals surface area contributed by atoms with Gasteiger partial charge in [-0.05, 0) is 6.92 Å². The summed E-state index contributed by atoms with van der Waals surface area (Å²) in [7, 11) is -4.24. The van der Waals surface area contributed by atoms with Crippen LogP contribution >= 0.6 is 0 Å². The number of esters is 1. The molecule has 0 saturated carbocycles. The predicted octanol–water partition coefficient (Wildman–Crippen LogP) is -1.29. The zero-order valence-corrected chi connectivity index (χ0v) is 8.40. The van der Waals surface area contributed by atoms with Crippen molar-refractivity contribution in [3.8, 4) is 0 Å². The quantitative estimate of drug-likeness (QED) is 0.271. The maximum atomic E-state index is 10.7. The van der Waals surface area contributed by atoms with E-state index in [0.29, 0.717) is 0 Å². The molecule has 0 fully saturated rings. The molecular weight excluding hydrogens is 235 g/mol. The van der Waals surface area contributed by atoms with Crippen LogP contribution in [0.1, 0.15) is 6.92 Å². The van der Waals surface area contributed by atoms with E-state index in [1.165, 1.54) is 6.08 Å². The van der Waals surface area contributed by atoms with Crippen LogP contribution in [-0.4, -0.2) is 72.1 Å². The van der Waals surface area contributed by atoms with Crippen LogP contribution in [0.3, 0.4) is 0 Å². The Balaban J connectivity index is 0. The van der Waals surface area contributed by atoms with E-state index in [2.05, 4.69) is 4.74 Å². The molecule has 2 N–H and O–H groups in total. The monoisotopic (exact) mass is 248 g/mol. The van der Waals surface area contributed by atoms with Crippen molar-refractivity contribution in [2.75, 3.05) is 12.4 Å². The molecule has 15 heavy (non-hydrogen) atoms. The summed E-state index contributed by atoms with van der Waals surface area (Å²) in [5, 5.41) is 8.96. The molecule has 8 heteroatoms. The molecule has 0 spiro atoms. The van der Waals surface area contributed by atoms with Crippen molar-refractivity contribution in [1.29, 1.82) is 0 Å². The number of ether oxygens (including phenoxy) is 1. The Morgan fingerprint density at radius 2 is 2.07 bits per heavy atom. The van der Waals surface area contributed by atoms with Crippen molar-refractivity contribution >= 4 is 45.6 Å². The van der Waals surface area contributed by atoms with Gasteiger partial charge in [-0.3, -0.25) is 4.55 Å². The molecular formula is C7H13NaO6S. The molecule has 0 saturated heterocycles. The van der Waals surface area contributed by atoms with Gasteiger partial charge in [0.15, 0.2) is 0 Å². The summed E-state index contributed by atoms with van der Waals surface area (Å²) in [4.78, 5) is 10.7. The van der Waals surface area contributed by atoms with E-state index in [9.17, 15) is 13.2 Å². The van der Waals surface area contributed by atoms with Gasteiger partial charge in [-0.1, -0.05) is 6.08 Å². The molecule has 0 aliphatic rings. The fraction of sp³-hybridized carbons (Fsp3) is 0.571. The van der Waals surface area contributed by atoms with E-state index < -0.39 is 34.6 Å². The molecule has 1 atom stereocenters. The number of aliphatic hydroxyl groups is 1. The van der Waals surface area contributed by atoms with Gasteiger partial charge < -0.3 is 9.84 Å². The Bertz CT molecular complexity index is 309. The standard InChI is InChI=1S/C7H12O6S.Na.H/c1-2-3-7(9)13-4-6(8)5-14(10,11)12;;/h2-3,6,8H,4-5H2,1H3,(H,10,11,12);;. The van der Waals surface area contributed by atoms with Gasteiger partial charge in [0.2, 0.25) is 0 Å². The van der Waals surface area contributed by atoms with Gasteiger partial charge in [0.05, 0.1) is 0 Å². The first kappa shape index (κ1) is 17.5. The van der Waals surface area contributed by atoms with Crippen molar-refractivity contribution in [3.05, 3.63) is 12.2 Å². The normalized spacial score (nSPS) is 13.3. The molecule has 0 bridgehead atoms. The molecule has 0 heterocycles. The van der Waals surface area contributed by atoms with Gasteiger partial charge in [-0.15, -0.1) is 0 Å². The Hall–Kier alpha value is 0.0800. The summed E-state index contributed by atoms with van der Waals surface area (Å²) in [5.41, 5.74) is 0. The molecule has 84 valence electrons. The van der Waals surface area contributed by atoms with Gasteiger partial charge in [0, 0.05) is 6.08 Å². The van der Waals surface area contributed by atoms with E-state index in [1.807, 2.05) is 0 Å². The fourth-order valence-electron chi connectivity index (χ4n) is 0.654. The van der Waals surface area contributed by atoms with Crippen LogP contribution in [0.25, 0.3) is 0 Å². The van der Waals surface area contributed by atoms with Gasteiger partial charge in [-0.2, -0.15) is 8.42 Å². The summed E-state index contributed by atoms with van der Waals surface area (Å²) < 4.78 is 33.3. The SMILES string of the molecule is CC=CC(=O)OCC(O)CS(=O)(=O)O.[NaH]. The third-order valence-corrected chi connectivity index (χ3v) is 1.93. The molecule has 1 unspecified atom stereocenters. The number of hydrogen-bond acceptors (Lipinski definition) is 5. The second kappa shape index (κ2) is 8.26. The Kier molecular flexibility index (Phi) is 9.62. The number of carbonyl (C=O) groups is 1. The molecule has 0 aromatic carbocycles. The van der Waals surface area contributed by atoms with Crippen LogP contribution in [0.15, 0.2) is 12.2 Å². The van der Waals surface area contributed by atoms with Crippen LogP contribution < -0.4 is 0 Å². The van der Waals surface area contributed by atoms with Gasteiger partial charge in [-0.25, -0.2) is 4.79 Å². The van der Waals surface area contributed by atoms with Gasteiger partial charge in [0.25, 0.3) is 10.1 Å². The molecule has 0 aliphatic carbocycles. The number of allylic oxidation sites excluding steroid dienone is 1. The summed E-state index contributed by atoms with van der Waals surface area (Å²) in [6, 6.07) is 0. The molecule has 0 aromatic rings. The Morgan fingerprint density at radius 3 is 2.47 bits per heavy atom. The second-order valence-corrected chi connectivity index (χ2v) is 4.03. The zero-order chi connectivity index (χ0) is 11.2.